The fraction of sp³-hybridized carbons (Fsp3) is 0.611. The highest BCUT2D eigenvalue weighted by atomic mass is 19.1. The Kier molecular flexibility index (Phi) is 7.31. The first-order valence-electron chi connectivity index (χ1n) is 8.60. The minimum atomic E-state index is -0.286. The molecule has 6 heteroatoms. The van der Waals surface area contributed by atoms with Crippen LogP contribution in [0.4, 0.5) is 9.18 Å². The van der Waals surface area contributed by atoms with Crippen molar-refractivity contribution in [3.8, 4) is 5.75 Å². The van der Waals surface area contributed by atoms with Crippen molar-refractivity contribution < 1.29 is 19.0 Å². The van der Waals surface area contributed by atoms with E-state index in [1.54, 1.807) is 17.0 Å². The topological polar surface area (TPSA) is 61.8 Å². The predicted octanol–water partition coefficient (Wildman–Crippen LogP) is 2.79. The number of amides is 2. The Morgan fingerprint density at radius 1 is 1.29 bits per heavy atom. The number of carbonyl (C=O) groups excluding carboxylic acids is 1. The van der Waals surface area contributed by atoms with Crippen LogP contribution in [0.3, 0.4) is 0 Å². The molecular formula is C18H27FN2O3. The molecule has 0 spiro atoms. The number of halogens is 1. The minimum absolute atomic E-state index is 0.0655. The molecule has 1 saturated carbocycles. The monoisotopic (exact) mass is 338 g/mol. The molecular weight excluding hydrogens is 311 g/mol. The van der Waals surface area contributed by atoms with Crippen LogP contribution in [0.25, 0.3) is 0 Å². The molecule has 0 saturated heterocycles. The van der Waals surface area contributed by atoms with Gasteiger partial charge in [0.2, 0.25) is 0 Å². The molecule has 2 N–H and O–H groups in total. The number of nitrogens with zero attached hydrogens (tertiary/aromatic N) is 1. The summed E-state index contributed by atoms with van der Waals surface area (Å²) in [5.41, 5.74) is 0. The Morgan fingerprint density at radius 3 is 2.58 bits per heavy atom. The van der Waals surface area contributed by atoms with Crippen LogP contribution in [0, 0.1) is 11.7 Å². The maximum Gasteiger partial charge on any atom is 0.317 e. The van der Waals surface area contributed by atoms with Gasteiger partial charge < -0.3 is 20.1 Å². The third-order valence-corrected chi connectivity index (χ3v) is 4.62. The van der Waals surface area contributed by atoms with E-state index in [9.17, 15) is 9.18 Å². The quantitative estimate of drug-likeness (QED) is 0.752. The molecule has 5 nitrogen and oxygen atoms in total. The summed E-state index contributed by atoms with van der Waals surface area (Å²) < 4.78 is 18.3. The molecule has 0 unspecified atom stereocenters. The normalized spacial score (nSPS) is 20.5. The second-order valence-electron chi connectivity index (χ2n) is 6.36. The molecule has 0 heterocycles. The second-order valence-corrected chi connectivity index (χ2v) is 6.36. The molecule has 1 fully saturated rings. The molecule has 1 aromatic rings. The molecule has 1 aromatic carbocycles. The van der Waals surface area contributed by atoms with E-state index in [4.69, 9.17) is 9.84 Å². The number of aliphatic hydroxyl groups excluding tert-OH is 1. The summed E-state index contributed by atoms with van der Waals surface area (Å²) >= 11 is 0. The Morgan fingerprint density at radius 2 is 1.96 bits per heavy atom. The Labute approximate surface area is 142 Å². The number of ether oxygens (including phenoxy) is 1. The van der Waals surface area contributed by atoms with Gasteiger partial charge in [0, 0.05) is 26.2 Å². The largest absolute Gasteiger partial charge is 0.494 e. The lowest BCUT2D eigenvalue weighted by molar-refractivity contribution is 0.134. The lowest BCUT2D eigenvalue weighted by Crippen LogP contribution is -2.45. The van der Waals surface area contributed by atoms with Crippen LogP contribution >= 0.6 is 0 Å². The number of rotatable bonds is 7. The van der Waals surface area contributed by atoms with Crippen molar-refractivity contribution in [1.29, 1.82) is 0 Å². The first-order valence-corrected chi connectivity index (χ1v) is 8.60. The lowest BCUT2D eigenvalue weighted by Gasteiger charge is -2.34. The van der Waals surface area contributed by atoms with Crippen molar-refractivity contribution in [3.05, 3.63) is 30.1 Å². The van der Waals surface area contributed by atoms with Crippen LogP contribution in [0.15, 0.2) is 24.3 Å². The van der Waals surface area contributed by atoms with Crippen LogP contribution in [0.1, 0.15) is 32.1 Å². The smallest absolute Gasteiger partial charge is 0.317 e. The van der Waals surface area contributed by atoms with E-state index in [2.05, 4.69) is 5.32 Å². The Balaban J connectivity index is 1.59. The Bertz CT molecular complexity index is 501. The van der Waals surface area contributed by atoms with Crippen LogP contribution in [-0.2, 0) is 0 Å². The van der Waals surface area contributed by atoms with Crippen LogP contribution in [0.2, 0.25) is 0 Å². The highest BCUT2D eigenvalue weighted by Crippen LogP contribution is 2.26. The lowest BCUT2D eigenvalue weighted by atomic mass is 9.86. The summed E-state index contributed by atoms with van der Waals surface area (Å²) in [5.74, 6) is 0.729. The van der Waals surface area contributed by atoms with Crippen molar-refractivity contribution >= 4 is 6.03 Å². The van der Waals surface area contributed by atoms with Crippen molar-refractivity contribution in [2.45, 2.75) is 38.1 Å². The molecule has 0 aromatic heterocycles. The molecule has 2 rings (SSSR count). The van der Waals surface area contributed by atoms with Gasteiger partial charge >= 0.3 is 6.03 Å². The third-order valence-electron chi connectivity index (χ3n) is 4.62. The first-order chi connectivity index (χ1) is 11.6. The average Bonchev–Trinajstić information content (AvgIpc) is 2.62. The molecule has 0 radical (unpaired) electrons. The zero-order valence-corrected chi connectivity index (χ0v) is 14.2. The molecule has 1 aliphatic rings. The minimum Gasteiger partial charge on any atom is -0.494 e. The number of nitrogens with one attached hydrogen (secondary N) is 1. The number of hydrogen-bond acceptors (Lipinski definition) is 3. The summed E-state index contributed by atoms with van der Waals surface area (Å²) in [5, 5.41) is 12.1. The van der Waals surface area contributed by atoms with Gasteiger partial charge in [0.15, 0.2) is 0 Å². The zero-order chi connectivity index (χ0) is 17.4. The van der Waals surface area contributed by atoms with E-state index in [1.807, 2.05) is 7.05 Å². The molecule has 0 atom stereocenters. The molecule has 0 bridgehead atoms. The summed E-state index contributed by atoms with van der Waals surface area (Å²) in [4.78, 5) is 13.9. The number of hydrogen-bond donors (Lipinski definition) is 2. The van der Waals surface area contributed by atoms with E-state index in [0.29, 0.717) is 31.2 Å². The van der Waals surface area contributed by atoms with E-state index in [0.717, 1.165) is 25.7 Å². The van der Waals surface area contributed by atoms with Gasteiger partial charge in [-0.25, -0.2) is 9.18 Å². The Hall–Kier alpha value is -1.82. The maximum absolute atomic E-state index is 12.8. The number of aliphatic hydroxyl groups is 1. The van der Waals surface area contributed by atoms with Gasteiger partial charge in [-0.05, 0) is 62.3 Å². The van der Waals surface area contributed by atoms with E-state index in [1.165, 1.54) is 12.1 Å². The molecule has 1 aliphatic carbocycles. The van der Waals surface area contributed by atoms with Crippen LogP contribution < -0.4 is 10.1 Å². The summed E-state index contributed by atoms with van der Waals surface area (Å²) in [6.07, 6.45) is 4.54. The van der Waals surface area contributed by atoms with Crippen molar-refractivity contribution in [2.24, 2.45) is 5.92 Å². The van der Waals surface area contributed by atoms with Gasteiger partial charge in [0.05, 0.1) is 6.61 Å². The predicted molar refractivity (Wildman–Crippen MR) is 90.5 cm³/mol. The van der Waals surface area contributed by atoms with Gasteiger partial charge in [-0.2, -0.15) is 0 Å². The summed E-state index contributed by atoms with van der Waals surface area (Å²) in [7, 11) is 1.83. The van der Waals surface area contributed by atoms with Gasteiger partial charge in [-0.15, -0.1) is 0 Å². The highest BCUT2D eigenvalue weighted by Gasteiger charge is 2.25. The van der Waals surface area contributed by atoms with Gasteiger partial charge in [0.25, 0.3) is 0 Å². The number of carbonyl (C=O) groups is 1. The zero-order valence-electron chi connectivity index (χ0n) is 14.2. The van der Waals surface area contributed by atoms with E-state index >= 15 is 0 Å². The molecule has 2 amide bonds. The fourth-order valence-corrected chi connectivity index (χ4v) is 2.99. The highest BCUT2D eigenvalue weighted by molar-refractivity contribution is 5.74. The maximum atomic E-state index is 12.8. The number of urea groups is 1. The van der Waals surface area contributed by atoms with Gasteiger partial charge in [-0.1, -0.05) is 0 Å². The second kappa shape index (κ2) is 9.47. The average molecular weight is 338 g/mol. The van der Waals surface area contributed by atoms with Crippen molar-refractivity contribution in [3.63, 3.8) is 0 Å². The van der Waals surface area contributed by atoms with Crippen molar-refractivity contribution in [2.75, 3.05) is 26.8 Å². The molecule has 0 aliphatic heterocycles. The van der Waals surface area contributed by atoms with E-state index in [-0.39, 0.29) is 24.5 Å². The van der Waals surface area contributed by atoms with E-state index < -0.39 is 0 Å². The van der Waals surface area contributed by atoms with Crippen LogP contribution in [0.5, 0.6) is 5.75 Å². The van der Waals surface area contributed by atoms with Crippen molar-refractivity contribution in [1.82, 2.24) is 10.2 Å². The van der Waals surface area contributed by atoms with Crippen LogP contribution in [-0.4, -0.2) is 48.9 Å². The standard InChI is InChI=1S/C18H27FN2O3/c1-21(16-7-3-14(13-22)4-8-16)18(23)20-11-2-12-24-17-9-5-15(19)6-10-17/h5-6,9-10,14,16,22H,2-4,7-8,11-13H2,1H3,(H,20,23). The fourth-order valence-electron chi connectivity index (χ4n) is 2.99. The van der Waals surface area contributed by atoms with Gasteiger partial charge in [0.1, 0.15) is 11.6 Å². The molecule has 134 valence electrons. The molecule has 24 heavy (non-hydrogen) atoms. The summed E-state index contributed by atoms with van der Waals surface area (Å²) in [6.45, 7) is 1.25. The SMILES string of the molecule is CN(C(=O)NCCCOc1ccc(F)cc1)C1CCC(CO)CC1. The number of benzene rings is 1. The summed E-state index contributed by atoms with van der Waals surface area (Å²) in [6, 6.07) is 6.08. The van der Waals surface area contributed by atoms with Gasteiger partial charge in [-0.3, -0.25) is 0 Å². The first kappa shape index (κ1) is 18.5. The third kappa shape index (κ3) is 5.67.